The van der Waals surface area contributed by atoms with Gasteiger partial charge in [0.2, 0.25) is 0 Å². The molecule has 2 atom stereocenters. The van der Waals surface area contributed by atoms with Gasteiger partial charge in [-0.3, -0.25) is 4.79 Å². The monoisotopic (exact) mass is 173 g/mol. The lowest BCUT2D eigenvalue weighted by Gasteiger charge is -2.12. The van der Waals surface area contributed by atoms with Crippen LogP contribution in [0.25, 0.3) is 0 Å². The number of rotatable bonds is 6. The predicted molar refractivity (Wildman–Crippen MR) is 49.8 cm³/mol. The molecule has 0 amide bonds. The number of carbonyl (C=O) groups is 1. The maximum atomic E-state index is 11.2. The van der Waals surface area contributed by atoms with E-state index < -0.39 is 12.1 Å². The Balaban J connectivity index is 3.57. The van der Waals surface area contributed by atoms with Crippen LogP contribution in [0.4, 0.5) is 0 Å². The molecule has 2 unspecified atom stereocenters. The van der Waals surface area contributed by atoms with E-state index >= 15 is 0 Å². The average molecular weight is 173 g/mol. The Bertz CT molecular complexity index is 136. The summed E-state index contributed by atoms with van der Waals surface area (Å²) in [6.07, 6.45) is 1.62. The lowest BCUT2D eigenvalue weighted by molar-refractivity contribution is -0.121. The molecule has 72 valence electrons. The molecule has 0 saturated carbocycles. The highest BCUT2D eigenvalue weighted by atomic mass is 16.1. The molecule has 12 heavy (non-hydrogen) atoms. The quantitative estimate of drug-likeness (QED) is 0.461. The third-order valence-electron chi connectivity index (χ3n) is 1.76. The van der Waals surface area contributed by atoms with Gasteiger partial charge in [0, 0.05) is 0 Å². The van der Waals surface area contributed by atoms with Gasteiger partial charge in [0.05, 0.1) is 12.1 Å². The first-order valence-electron chi connectivity index (χ1n) is 4.29. The minimum absolute atomic E-state index is 0.0499. The van der Waals surface area contributed by atoms with Crippen molar-refractivity contribution >= 4 is 5.78 Å². The second-order valence-corrected chi connectivity index (χ2v) is 3.04. The van der Waals surface area contributed by atoms with Crippen molar-refractivity contribution in [2.75, 3.05) is 13.6 Å². The first-order chi connectivity index (χ1) is 5.59. The van der Waals surface area contributed by atoms with Crippen LogP contribution in [-0.2, 0) is 4.79 Å². The van der Waals surface area contributed by atoms with Crippen LogP contribution in [0.5, 0.6) is 0 Å². The zero-order chi connectivity index (χ0) is 9.56. The molecular weight excluding hydrogens is 154 g/mol. The van der Waals surface area contributed by atoms with E-state index in [0.717, 1.165) is 13.0 Å². The van der Waals surface area contributed by atoms with E-state index in [1.54, 1.807) is 6.92 Å². The maximum absolute atomic E-state index is 11.2. The Kier molecular flexibility index (Phi) is 5.88. The van der Waals surface area contributed by atoms with Crippen LogP contribution in [0.1, 0.15) is 19.8 Å². The smallest absolute Gasteiger partial charge is 0.165 e. The van der Waals surface area contributed by atoms with Crippen LogP contribution < -0.4 is 16.8 Å². The summed E-state index contributed by atoms with van der Waals surface area (Å²) in [5, 5.41) is 2.99. The largest absolute Gasteiger partial charge is 0.322 e. The highest BCUT2D eigenvalue weighted by Crippen LogP contribution is 1.96. The van der Waals surface area contributed by atoms with E-state index in [0.29, 0.717) is 6.42 Å². The Morgan fingerprint density at radius 3 is 2.50 bits per heavy atom. The van der Waals surface area contributed by atoms with Crippen molar-refractivity contribution in [1.82, 2.24) is 5.32 Å². The Morgan fingerprint density at radius 2 is 2.08 bits per heavy atom. The van der Waals surface area contributed by atoms with Gasteiger partial charge < -0.3 is 16.8 Å². The molecule has 0 rings (SSSR count). The molecule has 4 nitrogen and oxygen atoms in total. The summed E-state index contributed by atoms with van der Waals surface area (Å²) in [5.41, 5.74) is 11.0. The minimum Gasteiger partial charge on any atom is -0.322 e. The Morgan fingerprint density at radius 1 is 1.50 bits per heavy atom. The van der Waals surface area contributed by atoms with Gasteiger partial charge in [-0.25, -0.2) is 0 Å². The standard InChI is InChI=1S/C8H19N3O/c1-6(9)8(12)7(10)4-3-5-11-2/h6-7,11H,3-5,9-10H2,1-2H3. The summed E-state index contributed by atoms with van der Waals surface area (Å²) in [6.45, 7) is 2.56. The van der Waals surface area contributed by atoms with Crippen molar-refractivity contribution in [3.63, 3.8) is 0 Å². The van der Waals surface area contributed by atoms with Crippen molar-refractivity contribution in [3.05, 3.63) is 0 Å². The van der Waals surface area contributed by atoms with Crippen LogP contribution in [-0.4, -0.2) is 31.5 Å². The van der Waals surface area contributed by atoms with E-state index in [1.807, 2.05) is 7.05 Å². The van der Waals surface area contributed by atoms with Crippen molar-refractivity contribution < 1.29 is 4.79 Å². The third kappa shape index (κ3) is 4.43. The zero-order valence-corrected chi connectivity index (χ0v) is 7.84. The summed E-state index contributed by atoms with van der Waals surface area (Å²) in [5.74, 6) is -0.0499. The van der Waals surface area contributed by atoms with Crippen LogP contribution >= 0.6 is 0 Å². The highest BCUT2D eigenvalue weighted by Gasteiger charge is 2.16. The molecule has 0 aromatic heterocycles. The van der Waals surface area contributed by atoms with Crippen molar-refractivity contribution in [3.8, 4) is 0 Å². The van der Waals surface area contributed by atoms with Gasteiger partial charge in [-0.15, -0.1) is 0 Å². The Labute approximate surface area is 73.7 Å². The molecule has 0 radical (unpaired) electrons. The number of ketones is 1. The SMILES string of the molecule is CNCCCC(N)C(=O)C(C)N. The lowest BCUT2D eigenvalue weighted by Crippen LogP contribution is -2.41. The number of Topliss-reactive ketones (excluding diaryl/α,β-unsaturated/α-hetero) is 1. The van der Waals surface area contributed by atoms with Gasteiger partial charge in [0.25, 0.3) is 0 Å². The summed E-state index contributed by atoms with van der Waals surface area (Å²) in [7, 11) is 1.87. The first kappa shape index (κ1) is 11.6. The van der Waals surface area contributed by atoms with Crippen LogP contribution in [0.3, 0.4) is 0 Å². The number of hydrogen-bond acceptors (Lipinski definition) is 4. The van der Waals surface area contributed by atoms with Crippen LogP contribution in [0.15, 0.2) is 0 Å². The molecule has 4 heteroatoms. The average Bonchev–Trinajstić information content (AvgIpc) is 2.03. The highest BCUT2D eigenvalue weighted by molar-refractivity contribution is 5.88. The molecule has 0 aliphatic heterocycles. The molecule has 0 aliphatic carbocycles. The van der Waals surface area contributed by atoms with Crippen molar-refractivity contribution in [2.24, 2.45) is 11.5 Å². The van der Waals surface area contributed by atoms with Crippen LogP contribution in [0, 0.1) is 0 Å². The zero-order valence-electron chi connectivity index (χ0n) is 7.84. The molecule has 0 spiro atoms. The molecule has 0 fully saturated rings. The number of nitrogens with two attached hydrogens (primary N) is 2. The van der Waals surface area contributed by atoms with Crippen molar-refractivity contribution in [1.29, 1.82) is 0 Å². The normalized spacial score (nSPS) is 15.7. The molecule has 0 aromatic carbocycles. The van der Waals surface area contributed by atoms with E-state index in [2.05, 4.69) is 5.32 Å². The maximum Gasteiger partial charge on any atom is 0.165 e. The molecule has 0 saturated heterocycles. The minimum atomic E-state index is -0.436. The van der Waals surface area contributed by atoms with Gasteiger partial charge in [0.1, 0.15) is 0 Å². The van der Waals surface area contributed by atoms with E-state index in [-0.39, 0.29) is 5.78 Å². The molecule has 0 aromatic rings. The lowest BCUT2D eigenvalue weighted by atomic mass is 10.0. The molecule has 5 N–H and O–H groups in total. The van der Waals surface area contributed by atoms with Gasteiger partial charge in [-0.05, 0) is 33.4 Å². The fourth-order valence-corrected chi connectivity index (χ4v) is 0.979. The third-order valence-corrected chi connectivity index (χ3v) is 1.76. The predicted octanol–water partition coefficient (Wildman–Crippen LogP) is -0.770. The Hall–Kier alpha value is -0.450. The van der Waals surface area contributed by atoms with Crippen molar-refractivity contribution in [2.45, 2.75) is 31.8 Å². The van der Waals surface area contributed by atoms with Gasteiger partial charge in [-0.2, -0.15) is 0 Å². The second-order valence-electron chi connectivity index (χ2n) is 3.04. The fourth-order valence-electron chi connectivity index (χ4n) is 0.979. The second kappa shape index (κ2) is 6.11. The van der Waals surface area contributed by atoms with E-state index in [4.69, 9.17) is 11.5 Å². The molecule has 0 bridgehead atoms. The van der Waals surface area contributed by atoms with Gasteiger partial charge in [-0.1, -0.05) is 0 Å². The van der Waals surface area contributed by atoms with Gasteiger partial charge >= 0.3 is 0 Å². The number of hydrogen-bond donors (Lipinski definition) is 3. The topological polar surface area (TPSA) is 81.1 Å². The first-order valence-corrected chi connectivity index (χ1v) is 4.29. The molecular formula is C8H19N3O. The molecule has 0 aliphatic rings. The fraction of sp³-hybridized carbons (Fsp3) is 0.875. The summed E-state index contributed by atoms with van der Waals surface area (Å²) in [6, 6.07) is -0.826. The summed E-state index contributed by atoms with van der Waals surface area (Å²) in [4.78, 5) is 11.2. The van der Waals surface area contributed by atoms with Crippen LogP contribution in [0.2, 0.25) is 0 Å². The van der Waals surface area contributed by atoms with E-state index in [9.17, 15) is 4.79 Å². The number of carbonyl (C=O) groups excluding carboxylic acids is 1. The number of nitrogens with one attached hydrogen (secondary N) is 1. The van der Waals surface area contributed by atoms with E-state index in [1.165, 1.54) is 0 Å². The summed E-state index contributed by atoms with van der Waals surface area (Å²) < 4.78 is 0. The molecule has 0 heterocycles. The van der Waals surface area contributed by atoms with Gasteiger partial charge in [0.15, 0.2) is 5.78 Å². The summed E-state index contributed by atoms with van der Waals surface area (Å²) >= 11 is 0.